The van der Waals surface area contributed by atoms with Gasteiger partial charge in [0.15, 0.2) is 0 Å². The molecule has 9 aromatic rings. The molecular formula is C71H70. The Morgan fingerprint density at radius 3 is 1.54 bits per heavy atom. The zero-order valence-corrected chi connectivity index (χ0v) is 44.7. The third kappa shape index (κ3) is 6.91. The summed E-state index contributed by atoms with van der Waals surface area (Å²) in [6.07, 6.45) is 7.67. The summed E-state index contributed by atoms with van der Waals surface area (Å²) in [7, 11) is 0. The van der Waals surface area contributed by atoms with Crippen molar-refractivity contribution in [2.75, 3.05) is 0 Å². The SMILES string of the molecule is CC(C)(C)c1ccc2c(c1)C(C)(C)c1cc(C(C)(C)C)cc(C3=CC4C(C)(C)c5cc(-c6ccc(-c7ccc(-c8ccc9ccc%10cc(C(C)(C)C)cc%11ccc8c9c%10%11)cc7)cc6)ccc5C4(C)C=C3)c1-2. The van der Waals surface area contributed by atoms with Crippen LogP contribution in [0.1, 0.15) is 141 Å². The van der Waals surface area contributed by atoms with Gasteiger partial charge >= 0.3 is 0 Å². The fourth-order valence-electron chi connectivity index (χ4n) is 13.2. The molecule has 0 N–H and O–H groups in total. The number of hydrogen-bond donors (Lipinski definition) is 0. The Hall–Kier alpha value is -6.50. The molecule has 0 heteroatoms. The van der Waals surface area contributed by atoms with Crippen LogP contribution < -0.4 is 0 Å². The van der Waals surface area contributed by atoms with E-state index < -0.39 is 0 Å². The molecule has 0 heterocycles. The smallest absolute Gasteiger partial charge is 0.0181 e. The van der Waals surface area contributed by atoms with Crippen molar-refractivity contribution in [1.82, 2.24) is 0 Å². The second-order valence-corrected chi connectivity index (χ2v) is 26.1. The lowest BCUT2D eigenvalue weighted by atomic mass is 9.65. The fourth-order valence-corrected chi connectivity index (χ4v) is 13.2. The van der Waals surface area contributed by atoms with Gasteiger partial charge in [-0.25, -0.2) is 0 Å². The van der Waals surface area contributed by atoms with Crippen LogP contribution in [0.5, 0.6) is 0 Å². The van der Waals surface area contributed by atoms with Crippen molar-refractivity contribution in [2.24, 2.45) is 5.92 Å². The molecule has 9 aromatic carbocycles. The summed E-state index contributed by atoms with van der Waals surface area (Å²) in [5.74, 6) is 0.305. The molecule has 0 fully saturated rings. The highest BCUT2D eigenvalue weighted by molar-refractivity contribution is 6.25. The second kappa shape index (κ2) is 15.0. The monoisotopic (exact) mass is 923 g/mol. The van der Waals surface area contributed by atoms with Crippen molar-refractivity contribution >= 4 is 37.9 Å². The molecule has 354 valence electrons. The molecule has 2 atom stereocenters. The van der Waals surface area contributed by atoms with Gasteiger partial charge in [0, 0.05) is 10.8 Å². The lowest BCUT2D eigenvalue weighted by molar-refractivity contribution is 0.325. The van der Waals surface area contributed by atoms with Crippen molar-refractivity contribution in [3.8, 4) is 44.5 Å². The molecule has 3 aliphatic carbocycles. The van der Waals surface area contributed by atoms with E-state index in [1.54, 1.807) is 0 Å². The van der Waals surface area contributed by atoms with Gasteiger partial charge < -0.3 is 0 Å². The van der Waals surface area contributed by atoms with Crippen molar-refractivity contribution in [1.29, 1.82) is 0 Å². The zero-order chi connectivity index (χ0) is 49.9. The third-order valence-electron chi connectivity index (χ3n) is 17.7. The van der Waals surface area contributed by atoms with Crippen LogP contribution in [-0.4, -0.2) is 0 Å². The molecule has 3 aliphatic rings. The molecule has 2 unspecified atom stereocenters. The molecule has 0 aromatic heterocycles. The Morgan fingerprint density at radius 2 is 0.901 bits per heavy atom. The summed E-state index contributed by atoms with van der Waals surface area (Å²) in [5.41, 5.74) is 23.0. The van der Waals surface area contributed by atoms with E-state index in [9.17, 15) is 0 Å². The highest BCUT2D eigenvalue weighted by Gasteiger charge is 2.53. The average Bonchev–Trinajstić information content (AvgIpc) is 3.67. The van der Waals surface area contributed by atoms with Crippen LogP contribution >= 0.6 is 0 Å². The summed E-state index contributed by atoms with van der Waals surface area (Å²) < 4.78 is 0. The largest absolute Gasteiger partial charge is 0.0730 e. The first-order valence-electron chi connectivity index (χ1n) is 26.3. The molecule has 0 spiro atoms. The van der Waals surface area contributed by atoms with Crippen LogP contribution in [-0.2, 0) is 32.5 Å². The Bertz CT molecular complexity index is 3710. The summed E-state index contributed by atoms with van der Waals surface area (Å²) in [5, 5.41) is 8.02. The molecule has 0 radical (unpaired) electrons. The van der Waals surface area contributed by atoms with Crippen LogP contribution in [0.3, 0.4) is 0 Å². The molecular weight excluding hydrogens is 853 g/mol. The lowest BCUT2D eigenvalue weighted by Gasteiger charge is -2.38. The summed E-state index contributed by atoms with van der Waals surface area (Å²) in [6, 6.07) is 56.8. The lowest BCUT2D eigenvalue weighted by Crippen LogP contribution is -2.34. The molecule has 0 bridgehead atoms. The highest BCUT2D eigenvalue weighted by Crippen LogP contribution is 2.60. The number of allylic oxidation sites excluding steroid dienone is 4. The maximum absolute atomic E-state index is 2.66. The van der Waals surface area contributed by atoms with Crippen LogP contribution in [0.2, 0.25) is 0 Å². The van der Waals surface area contributed by atoms with E-state index in [2.05, 4.69) is 261 Å². The Morgan fingerprint density at radius 1 is 0.380 bits per heavy atom. The third-order valence-corrected chi connectivity index (χ3v) is 17.7. The number of hydrogen-bond acceptors (Lipinski definition) is 0. The fraction of sp³-hybridized carbons (Fsp3) is 0.296. The first kappa shape index (κ1) is 45.6. The first-order chi connectivity index (χ1) is 33.4. The Balaban J connectivity index is 0.849. The molecule has 0 amide bonds. The van der Waals surface area contributed by atoms with Gasteiger partial charge in [-0.3, -0.25) is 0 Å². The highest BCUT2D eigenvalue weighted by atomic mass is 14.6. The van der Waals surface area contributed by atoms with Gasteiger partial charge in [-0.05, 0) is 161 Å². The maximum Gasteiger partial charge on any atom is 0.0181 e. The van der Waals surface area contributed by atoms with Gasteiger partial charge in [0.2, 0.25) is 0 Å². The predicted octanol–water partition coefficient (Wildman–Crippen LogP) is 19.6. The summed E-state index contributed by atoms with van der Waals surface area (Å²) in [4.78, 5) is 0. The minimum Gasteiger partial charge on any atom is -0.0730 e. The Labute approximate surface area is 423 Å². The number of fused-ring (bicyclic) bond motifs is 6. The van der Waals surface area contributed by atoms with E-state index in [0.717, 1.165) is 0 Å². The van der Waals surface area contributed by atoms with Crippen LogP contribution in [0.25, 0.3) is 82.4 Å². The van der Waals surface area contributed by atoms with Crippen molar-refractivity contribution in [3.63, 3.8) is 0 Å². The predicted molar refractivity (Wildman–Crippen MR) is 308 cm³/mol. The standard InChI is InChI=1S/C71H70/c1-66(2,3)51-28-31-56-59(40-51)69(10,11)61-41-53(68(7,8)9)39-57(65(56)61)48-33-34-71(14)58-32-27-47(37-60(58)70(12,13)62(71)38-48)44-17-15-42(16-18-44)43-19-21-45(22-20-43)54-29-25-46-23-24-49-35-52(67(4,5)6)36-50-26-30-55(54)64(46)63(49)50/h15-41,62H,1-14H3. The molecule has 0 nitrogen and oxygen atoms in total. The van der Waals surface area contributed by atoms with Gasteiger partial charge in [-0.15, -0.1) is 0 Å². The van der Waals surface area contributed by atoms with Gasteiger partial charge in [-0.1, -0.05) is 255 Å². The quantitative estimate of drug-likeness (QED) is 0.154. The first-order valence-corrected chi connectivity index (χ1v) is 26.3. The van der Waals surface area contributed by atoms with Gasteiger partial charge in [0.05, 0.1) is 0 Å². The van der Waals surface area contributed by atoms with E-state index >= 15 is 0 Å². The van der Waals surface area contributed by atoms with Crippen LogP contribution in [0, 0.1) is 5.92 Å². The van der Waals surface area contributed by atoms with E-state index in [1.165, 1.54) is 127 Å². The van der Waals surface area contributed by atoms with Crippen LogP contribution in [0.4, 0.5) is 0 Å². The molecule has 71 heavy (non-hydrogen) atoms. The number of benzene rings is 9. The van der Waals surface area contributed by atoms with E-state index in [0.29, 0.717) is 5.92 Å². The maximum atomic E-state index is 2.66. The summed E-state index contributed by atoms with van der Waals surface area (Å²) in [6.45, 7) is 33.3. The number of rotatable bonds is 4. The van der Waals surface area contributed by atoms with Gasteiger partial charge in [0.1, 0.15) is 0 Å². The van der Waals surface area contributed by atoms with Gasteiger partial charge in [0.25, 0.3) is 0 Å². The molecule has 12 rings (SSSR count). The van der Waals surface area contributed by atoms with Crippen molar-refractivity contribution in [2.45, 2.75) is 129 Å². The summed E-state index contributed by atoms with van der Waals surface area (Å²) >= 11 is 0. The molecule has 0 saturated heterocycles. The molecule has 0 saturated carbocycles. The van der Waals surface area contributed by atoms with E-state index in [4.69, 9.17) is 0 Å². The zero-order valence-electron chi connectivity index (χ0n) is 44.7. The van der Waals surface area contributed by atoms with E-state index in [1.807, 2.05) is 0 Å². The van der Waals surface area contributed by atoms with Crippen molar-refractivity contribution < 1.29 is 0 Å². The van der Waals surface area contributed by atoms with E-state index in [-0.39, 0.29) is 32.5 Å². The van der Waals surface area contributed by atoms with Crippen LogP contribution in [0.15, 0.2) is 164 Å². The molecule has 0 aliphatic heterocycles. The van der Waals surface area contributed by atoms with Crippen molar-refractivity contribution in [3.05, 3.63) is 208 Å². The minimum absolute atomic E-state index is 0.0194. The minimum atomic E-state index is -0.103. The Kier molecular flexibility index (Phi) is 9.65. The topological polar surface area (TPSA) is 0 Å². The normalized spacial score (nSPS) is 19.0. The van der Waals surface area contributed by atoms with Gasteiger partial charge in [-0.2, -0.15) is 0 Å². The average molecular weight is 923 g/mol. The second-order valence-electron chi connectivity index (χ2n) is 26.1.